The third kappa shape index (κ3) is 3.76. The quantitative estimate of drug-likeness (QED) is 0.700. The molecule has 1 aromatic carbocycles. The van der Waals surface area contributed by atoms with E-state index in [2.05, 4.69) is 31.5 Å². The van der Waals surface area contributed by atoms with Crippen LogP contribution >= 0.6 is 0 Å². The van der Waals surface area contributed by atoms with Crippen molar-refractivity contribution in [2.75, 3.05) is 11.9 Å². The normalized spacial score (nSPS) is 18.5. The van der Waals surface area contributed by atoms with Crippen molar-refractivity contribution in [3.05, 3.63) is 66.1 Å². The van der Waals surface area contributed by atoms with Crippen LogP contribution in [0, 0.1) is 5.92 Å². The van der Waals surface area contributed by atoms with Crippen LogP contribution in [-0.2, 0) is 0 Å². The van der Waals surface area contributed by atoms with Crippen LogP contribution in [0.1, 0.15) is 34.8 Å². The molecule has 7 heteroatoms. The summed E-state index contributed by atoms with van der Waals surface area (Å²) in [5.41, 5.74) is 8.26. The van der Waals surface area contributed by atoms with Gasteiger partial charge in [-0.05, 0) is 43.0 Å². The lowest BCUT2D eigenvalue weighted by Crippen LogP contribution is -2.31. The Kier molecular flexibility index (Phi) is 4.74. The molecule has 2 aromatic heterocycles. The van der Waals surface area contributed by atoms with Crippen molar-refractivity contribution in [1.29, 1.82) is 0 Å². The van der Waals surface area contributed by atoms with E-state index < -0.39 is 5.91 Å². The molecular weight excluding hydrogens is 340 g/mol. The van der Waals surface area contributed by atoms with Gasteiger partial charge in [0.25, 0.3) is 0 Å². The molecule has 2 atom stereocenters. The summed E-state index contributed by atoms with van der Waals surface area (Å²) in [6.45, 7) is 0.791. The lowest BCUT2D eigenvalue weighted by atomic mass is 9.71. The molecule has 0 bridgehead atoms. The summed E-state index contributed by atoms with van der Waals surface area (Å²) in [4.78, 5) is 20.1. The van der Waals surface area contributed by atoms with Crippen LogP contribution in [0.2, 0.25) is 0 Å². The van der Waals surface area contributed by atoms with Crippen LogP contribution in [0.4, 0.5) is 5.95 Å². The van der Waals surface area contributed by atoms with Gasteiger partial charge in [-0.25, -0.2) is 4.98 Å². The number of aromatic nitrogens is 4. The molecule has 2 unspecified atom stereocenters. The number of hydrogen-bond acceptors (Lipinski definition) is 6. The molecule has 1 fully saturated rings. The fourth-order valence-corrected chi connectivity index (χ4v) is 3.34. The number of pyridine rings is 1. The maximum absolute atomic E-state index is 11.3. The van der Waals surface area contributed by atoms with Gasteiger partial charge in [0.2, 0.25) is 11.9 Å². The number of nitrogens with zero attached hydrogens (tertiary/aromatic N) is 4. The fraction of sp³-hybridized carbons (Fsp3) is 0.250. The predicted octanol–water partition coefficient (Wildman–Crippen LogP) is 2.64. The van der Waals surface area contributed by atoms with Crippen LogP contribution in [0.15, 0.2) is 54.9 Å². The number of amides is 1. The summed E-state index contributed by atoms with van der Waals surface area (Å²) in [5.74, 6) is 1.04. The molecule has 4 rings (SSSR count). The highest BCUT2D eigenvalue weighted by Gasteiger charge is 2.32. The van der Waals surface area contributed by atoms with E-state index in [9.17, 15) is 4.79 Å². The minimum absolute atomic E-state index is 0.432. The first-order chi connectivity index (χ1) is 13.2. The van der Waals surface area contributed by atoms with E-state index in [1.54, 1.807) is 24.4 Å². The third-order valence-electron chi connectivity index (χ3n) is 5.01. The highest BCUT2D eigenvalue weighted by atomic mass is 16.1. The standard InChI is InChI=1S/C20H20N6O/c21-19(27)14-5-3-4-13(10-14)18-12-24-20(26-25-18)23-11-15-7-8-16(15)17-6-1-2-9-22-17/h1-6,9-10,12,15-16H,7-8,11H2,(H2,21,27)(H,23,24,26). The highest BCUT2D eigenvalue weighted by Crippen LogP contribution is 2.41. The Hall–Kier alpha value is -3.35. The topological polar surface area (TPSA) is 107 Å². The molecule has 27 heavy (non-hydrogen) atoms. The monoisotopic (exact) mass is 360 g/mol. The maximum atomic E-state index is 11.3. The van der Waals surface area contributed by atoms with E-state index in [1.165, 1.54) is 6.42 Å². The summed E-state index contributed by atoms with van der Waals surface area (Å²) < 4.78 is 0. The second-order valence-electron chi connectivity index (χ2n) is 6.69. The fourth-order valence-electron chi connectivity index (χ4n) is 3.34. The lowest BCUT2D eigenvalue weighted by molar-refractivity contribution is 0.100. The minimum Gasteiger partial charge on any atom is -0.366 e. The van der Waals surface area contributed by atoms with Gasteiger partial charge >= 0.3 is 0 Å². The number of anilines is 1. The van der Waals surface area contributed by atoms with Crippen LogP contribution in [0.25, 0.3) is 11.3 Å². The molecule has 1 saturated carbocycles. The van der Waals surface area contributed by atoms with Gasteiger partial charge in [0.05, 0.1) is 6.20 Å². The molecule has 1 aliphatic carbocycles. The Morgan fingerprint density at radius 1 is 1.11 bits per heavy atom. The number of carbonyl (C=O) groups excluding carboxylic acids is 1. The van der Waals surface area contributed by atoms with Crippen molar-refractivity contribution in [1.82, 2.24) is 20.2 Å². The van der Waals surface area contributed by atoms with Crippen LogP contribution in [0.3, 0.4) is 0 Å². The molecule has 3 aromatic rings. The summed E-state index contributed by atoms with van der Waals surface area (Å²) in [5, 5.41) is 11.6. The number of nitrogens with one attached hydrogen (secondary N) is 1. The number of hydrogen-bond donors (Lipinski definition) is 2. The second-order valence-corrected chi connectivity index (χ2v) is 6.69. The van der Waals surface area contributed by atoms with E-state index in [1.807, 2.05) is 24.4 Å². The first-order valence-electron chi connectivity index (χ1n) is 8.95. The zero-order chi connectivity index (χ0) is 18.6. The van der Waals surface area contributed by atoms with Crippen molar-refractivity contribution in [2.24, 2.45) is 11.7 Å². The molecule has 2 heterocycles. The summed E-state index contributed by atoms with van der Waals surface area (Å²) >= 11 is 0. The smallest absolute Gasteiger partial charge is 0.248 e. The molecule has 1 amide bonds. The molecular formula is C20H20N6O. The first-order valence-corrected chi connectivity index (χ1v) is 8.95. The van der Waals surface area contributed by atoms with Crippen LogP contribution < -0.4 is 11.1 Å². The van der Waals surface area contributed by atoms with Gasteiger partial charge in [-0.1, -0.05) is 18.2 Å². The van der Waals surface area contributed by atoms with Crippen molar-refractivity contribution in [2.45, 2.75) is 18.8 Å². The predicted molar refractivity (Wildman–Crippen MR) is 102 cm³/mol. The van der Waals surface area contributed by atoms with Crippen molar-refractivity contribution < 1.29 is 4.79 Å². The molecule has 3 N–H and O–H groups in total. The Bertz CT molecular complexity index is 929. The average Bonchev–Trinajstić information content (AvgIpc) is 2.69. The maximum Gasteiger partial charge on any atom is 0.248 e. The van der Waals surface area contributed by atoms with E-state index in [0.717, 1.165) is 24.2 Å². The number of primary amides is 1. The molecule has 7 nitrogen and oxygen atoms in total. The number of carbonyl (C=O) groups is 1. The van der Waals surface area contributed by atoms with E-state index >= 15 is 0 Å². The minimum atomic E-state index is -0.473. The van der Waals surface area contributed by atoms with Crippen LogP contribution in [0.5, 0.6) is 0 Å². The molecule has 1 aliphatic rings. The van der Waals surface area contributed by atoms with Crippen molar-refractivity contribution in [3.63, 3.8) is 0 Å². The van der Waals surface area contributed by atoms with Crippen molar-refractivity contribution >= 4 is 11.9 Å². The van der Waals surface area contributed by atoms with Gasteiger partial charge in [0.1, 0.15) is 5.69 Å². The summed E-state index contributed by atoms with van der Waals surface area (Å²) in [7, 11) is 0. The van der Waals surface area contributed by atoms with Gasteiger partial charge in [-0.2, -0.15) is 0 Å². The van der Waals surface area contributed by atoms with Crippen LogP contribution in [-0.4, -0.2) is 32.6 Å². The van der Waals surface area contributed by atoms with Gasteiger partial charge < -0.3 is 11.1 Å². The van der Waals surface area contributed by atoms with E-state index in [-0.39, 0.29) is 0 Å². The van der Waals surface area contributed by atoms with Gasteiger partial charge in [-0.3, -0.25) is 9.78 Å². The zero-order valence-corrected chi connectivity index (χ0v) is 14.7. The highest BCUT2D eigenvalue weighted by molar-refractivity contribution is 5.93. The average molecular weight is 360 g/mol. The Labute approximate surface area is 157 Å². The first kappa shape index (κ1) is 17.1. The van der Waals surface area contributed by atoms with Gasteiger partial charge in [0.15, 0.2) is 0 Å². The Morgan fingerprint density at radius 3 is 2.70 bits per heavy atom. The van der Waals surface area contributed by atoms with E-state index in [0.29, 0.717) is 29.0 Å². The molecule has 0 spiro atoms. The third-order valence-corrected chi connectivity index (χ3v) is 5.01. The molecule has 136 valence electrons. The number of nitrogens with two attached hydrogens (primary N) is 1. The SMILES string of the molecule is NC(=O)c1cccc(-c2cnc(NCC3CCC3c3ccccn3)nn2)c1. The van der Waals surface area contributed by atoms with E-state index in [4.69, 9.17) is 5.73 Å². The Morgan fingerprint density at radius 2 is 2.04 bits per heavy atom. The molecule has 0 radical (unpaired) electrons. The lowest BCUT2D eigenvalue weighted by Gasteiger charge is -2.36. The number of benzene rings is 1. The van der Waals surface area contributed by atoms with Crippen molar-refractivity contribution in [3.8, 4) is 11.3 Å². The largest absolute Gasteiger partial charge is 0.366 e. The van der Waals surface area contributed by atoms with Gasteiger partial charge in [0, 0.05) is 35.5 Å². The summed E-state index contributed by atoms with van der Waals surface area (Å²) in [6, 6.07) is 13.0. The molecule has 0 aliphatic heterocycles. The Balaban J connectivity index is 1.39. The second kappa shape index (κ2) is 7.49. The zero-order valence-electron chi connectivity index (χ0n) is 14.7. The molecule has 0 saturated heterocycles. The number of rotatable bonds is 6. The van der Waals surface area contributed by atoms with Gasteiger partial charge in [-0.15, -0.1) is 10.2 Å². The summed E-state index contributed by atoms with van der Waals surface area (Å²) in [6.07, 6.45) is 5.82.